The molecule has 3 rings (SSSR count). The maximum atomic E-state index is 14.4. The van der Waals surface area contributed by atoms with E-state index >= 15 is 0 Å². The number of halogens is 5. The molecule has 0 bridgehead atoms. The Bertz CT molecular complexity index is 1160. The Morgan fingerprint density at radius 3 is 2.25 bits per heavy atom. The number of anilines is 1. The predicted molar refractivity (Wildman–Crippen MR) is 102 cm³/mol. The van der Waals surface area contributed by atoms with Gasteiger partial charge in [-0.2, -0.15) is 0 Å². The average Bonchev–Trinajstić information content (AvgIpc) is 2.71. The van der Waals surface area contributed by atoms with Crippen LogP contribution in [0.2, 0.25) is 0 Å². The van der Waals surface area contributed by atoms with Crippen LogP contribution in [0.15, 0.2) is 54.7 Å². The number of carbonyl (C=O) groups is 2. The van der Waals surface area contributed by atoms with Crippen molar-refractivity contribution >= 4 is 17.4 Å². The van der Waals surface area contributed by atoms with E-state index in [1.807, 2.05) is 0 Å². The van der Waals surface area contributed by atoms with E-state index in [0.717, 1.165) is 36.4 Å². The third kappa shape index (κ3) is 5.56. The van der Waals surface area contributed by atoms with Gasteiger partial charge in [0, 0.05) is 18.8 Å². The number of hydrogen-bond donors (Lipinski definition) is 1. The van der Waals surface area contributed by atoms with Crippen molar-refractivity contribution in [1.29, 1.82) is 0 Å². The van der Waals surface area contributed by atoms with Crippen molar-refractivity contribution in [2.75, 3.05) is 5.32 Å². The molecule has 11 heteroatoms. The van der Waals surface area contributed by atoms with E-state index in [4.69, 9.17) is 4.74 Å². The summed E-state index contributed by atoms with van der Waals surface area (Å²) in [4.78, 5) is 27.9. The molecule has 0 spiro atoms. The topological polar surface area (TPSA) is 77.5 Å². The SMILES string of the molecule is CC(=O)c1cc(NC(=O)c2c(Oc3ccc(OC(F)(F)F)cc3)ccc(F)c2F)ccn1. The number of alkyl halides is 3. The molecule has 0 aliphatic rings. The van der Waals surface area contributed by atoms with Gasteiger partial charge in [-0.05, 0) is 48.5 Å². The van der Waals surface area contributed by atoms with Crippen molar-refractivity contribution < 1.29 is 41.0 Å². The second-order valence-electron chi connectivity index (χ2n) is 6.30. The van der Waals surface area contributed by atoms with Crippen molar-refractivity contribution in [2.24, 2.45) is 0 Å². The standard InChI is InChI=1S/C21H13F5N2O4/c1-11(29)16-10-12(8-9-27-16)28-20(30)18-17(7-6-15(22)19(18)23)31-13-2-4-14(5-3-13)32-21(24,25)26/h2-10H,1H3,(H,27,28,30). The summed E-state index contributed by atoms with van der Waals surface area (Å²) >= 11 is 0. The molecule has 3 aromatic rings. The highest BCUT2D eigenvalue weighted by Gasteiger charge is 2.31. The van der Waals surface area contributed by atoms with Crippen molar-refractivity contribution in [3.05, 3.63) is 77.6 Å². The lowest BCUT2D eigenvalue weighted by Gasteiger charge is -2.14. The first kappa shape index (κ1) is 22.7. The molecular weight excluding hydrogens is 439 g/mol. The minimum absolute atomic E-state index is 0.0418. The fraction of sp³-hybridized carbons (Fsp3) is 0.0952. The Morgan fingerprint density at radius 2 is 1.62 bits per heavy atom. The molecule has 0 aliphatic carbocycles. The Morgan fingerprint density at radius 1 is 0.969 bits per heavy atom. The van der Waals surface area contributed by atoms with Crippen LogP contribution in [0, 0.1) is 11.6 Å². The minimum Gasteiger partial charge on any atom is -0.456 e. The number of Topliss-reactive ketones (excluding diaryl/α,β-unsaturated/α-hetero) is 1. The number of aromatic nitrogens is 1. The summed E-state index contributed by atoms with van der Waals surface area (Å²) in [5.41, 5.74) is -0.652. The zero-order valence-corrected chi connectivity index (χ0v) is 16.2. The van der Waals surface area contributed by atoms with E-state index in [0.29, 0.717) is 0 Å². The number of ketones is 1. The Labute approximate surface area is 177 Å². The lowest BCUT2D eigenvalue weighted by molar-refractivity contribution is -0.274. The zero-order valence-electron chi connectivity index (χ0n) is 16.2. The van der Waals surface area contributed by atoms with Gasteiger partial charge in [0.15, 0.2) is 17.4 Å². The van der Waals surface area contributed by atoms with E-state index in [1.165, 1.54) is 25.3 Å². The number of nitrogens with one attached hydrogen (secondary N) is 1. The van der Waals surface area contributed by atoms with E-state index < -0.39 is 41.0 Å². The summed E-state index contributed by atoms with van der Waals surface area (Å²) in [7, 11) is 0. The molecule has 0 saturated carbocycles. The number of ether oxygens (including phenoxy) is 2. The summed E-state index contributed by atoms with van der Waals surface area (Å²) in [5, 5.41) is 2.32. The molecule has 0 aliphatic heterocycles. The van der Waals surface area contributed by atoms with Gasteiger partial charge in [-0.3, -0.25) is 14.6 Å². The molecule has 0 atom stereocenters. The molecule has 1 N–H and O–H groups in total. The van der Waals surface area contributed by atoms with Crippen molar-refractivity contribution in [2.45, 2.75) is 13.3 Å². The van der Waals surface area contributed by atoms with Crippen LogP contribution in [-0.2, 0) is 0 Å². The molecular formula is C21H13F5N2O4. The van der Waals surface area contributed by atoms with E-state index in [1.54, 1.807) is 0 Å². The predicted octanol–water partition coefficient (Wildman–Crippen LogP) is 5.51. The normalized spacial score (nSPS) is 11.1. The first-order chi connectivity index (χ1) is 15.0. The minimum atomic E-state index is -4.89. The average molecular weight is 452 g/mol. The van der Waals surface area contributed by atoms with Gasteiger partial charge in [0.2, 0.25) is 0 Å². The Kier molecular flexibility index (Phi) is 6.37. The van der Waals surface area contributed by atoms with Gasteiger partial charge in [0.1, 0.15) is 28.5 Å². The number of hydrogen-bond acceptors (Lipinski definition) is 5. The van der Waals surface area contributed by atoms with Gasteiger partial charge in [-0.1, -0.05) is 0 Å². The second-order valence-corrected chi connectivity index (χ2v) is 6.30. The van der Waals surface area contributed by atoms with Gasteiger partial charge in [-0.25, -0.2) is 8.78 Å². The van der Waals surface area contributed by atoms with Gasteiger partial charge in [-0.15, -0.1) is 13.2 Å². The fourth-order valence-electron chi connectivity index (χ4n) is 2.56. The van der Waals surface area contributed by atoms with Gasteiger partial charge in [0.25, 0.3) is 5.91 Å². The number of pyridine rings is 1. The molecule has 1 aromatic heterocycles. The summed E-state index contributed by atoms with van der Waals surface area (Å²) in [6.45, 7) is 1.26. The quantitative estimate of drug-likeness (QED) is 0.395. The molecule has 0 unspecified atom stereocenters. The highest BCUT2D eigenvalue weighted by atomic mass is 19.4. The molecule has 166 valence electrons. The molecule has 0 fully saturated rings. The van der Waals surface area contributed by atoms with Crippen LogP contribution in [0.5, 0.6) is 17.2 Å². The number of nitrogens with zero attached hydrogens (tertiary/aromatic N) is 1. The molecule has 2 aromatic carbocycles. The smallest absolute Gasteiger partial charge is 0.456 e. The van der Waals surface area contributed by atoms with Crippen LogP contribution in [0.3, 0.4) is 0 Å². The summed E-state index contributed by atoms with van der Waals surface area (Å²) in [5.74, 6) is -5.27. The van der Waals surface area contributed by atoms with Gasteiger partial charge >= 0.3 is 6.36 Å². The first-order valence-electron chi connectivity index (χ1n) is 8.83. The second kappa shape index (κ2) is 9.00. The lowest BCUT2D eigenvalue weighted by Crippen LogP contribution is -2.17. The summed E-state index contributed by atoms with van der Waals surface area (Å²) < 4.78 is 74.1. The van der Waals surface area contributed by atoms with Crippen LogP contribution in [0.4, 0.5) is 27.6 Å². The number of benzene rings is 2. The van der Waals surface area contributed by atoms with E-state index in [2.05, 4.69) is 15.0 Å². The van der Waals surface area contributed by atoms with E-state index in [9.17, 15) is 31.5 Å². The molecule has 0 saturated heterocycles. The zero-order chi connectivity index (χ0) is 23.5. The number of rotatable bonds is 6. The first-order valence-corrected chi connectivity index (χ1v) is 8.83. The molecule has 0 radical (unpaired) electrons. The monoisotopic (exact) mass is 452 g/mol. The van der Waals surface area contributed by atoms with Crippen molar-refractivity contribution in [3.63, 3.8) is 0 Å². The third-order valence-corrected chi connectivity index (χ3v) is 3.95. The lowest BCUT2D eigenvalue weighted by atomic mass is 10.1. The fourth-order valence-corrected chi connectivity index (χ4v) is 2.56. The van der Waals surface area contributed by atoms with Gasteiger partial charge < -0.3 is 14.8 Å². The third-order valence-electron chi connectivity index (χ3n) is 3.95. The van der Waals surface area contributed by atoms with Crippen LogP contribution < -0.4 is 14.8 Å². The summed E-state index contributed by atoms with van der Waals surface area (Å²) in [6.07, 6.45) is -3.64. The largest absolute Gasteiger partial charge is 0.573 e. The van der Waals surface area contributed by atoms with Gasteiger partial charge in [0.05, 0.1) is 0 Å². The van der Waals surface area contributed by atoms with Crippen LogP contribution in [-0.4, -0.2) is 23.0 Å². The van der Waals surface area contributed by atoms with Crippen LogP contribution in [0.1, 0.15) is 27.8 Å². The number of carbonyl (C=O) groups excluding carboxylic acids is 2. The molecule has 1 amide bonds. The van der Waals surface area contributed by atoms with Crippen LogP contribution in [0.25, 0.3) is 0 Å². The molecule has 1 heterocycles. The Balaban J connectivity index is 1.87. The molecule has 6 nitrogen and oxygen atoms in total. The molecule has 32 heavy (non-hydrogen) atoms. The van der Waals surface area contributed by atoms with E-state index in [-0.39, 0.29) is 22.9 Å². The highest BCUT2D eigenvalue weighted by Crippen LogP contribution is 2.31. The summed E-state index contributed by atoms with van der Waals surface area (Å²) in [6, 6.07) is 8.37. The maximum absolute atomic E-state index is 14.4. The maximum Gasteiger partial charge on any atom is 0.573 e. The Hall–Kier alpha value is -4.02. The number of amides is 1. The van der Waals surface area contributed by atoms with Crippen LogP contribution >= 0.6 is 0 Å². The van der Waals surface area contributed by atoms with Crippen molar-refractivity contribution in [1.82, 2.24) is 4.98 Å². The van der Waals surface area contributed by atoms with Crippen molar-refractivity contribution in [3.8, 4) is 17.2 Å². The highest BCUT2D eigenvalue weighted by molar-refractivity contribution is 6.07.